The lowest BCUT2D eigenvalue weighted by molar-refractivity contribution is 0.278. The number of anilines is 2. The van der Waals surface area contributed by atoms with Crippen molar-refractivity contribution < 1.29 is 5.11 Å². The van der Waals surface area contributed by atoms with Crippen molar-refractivity contribution in [3.63, 3.8) is 0 Å². The molecule has 3 rings (SSSR count). The van der Waals surface area contributed by atoms with Crippen LogP contribution in [0, 0.1) is 6.92 Å². The van der Waals surface area contributed by atoms with Crippen molar-refractivity contribution in [1.29, 1.82) is 0 Å². The predicted octanol–water partition coefficient (Wildman–Crippen LogP) is 3.08. The van der Waals surface area contributed by atoms with E-state index in [-0.39, 0.29) is 6.61 Å². The van der Waals surface area contributed by atoms with E-state index in [9.17, 15) is 5.11 Å². The number of aromatic nitrogens is 2. The zero-order valence-electron chi connectivity index (χ0n) is 11.4. The van der Waals surface area contributed by atoms with Crippen LogP contribution in [0.1, 0.15) is 5.56 Å². The first-order chi connectivity index (χ1) is 9.78. The van der Waals surface area contributed by atoms with Gasteiger partial charge < -0.3 is 15.0 Å². The van der Waals surface area contributed by atoms with E-state index in [4.69, 9.17) is 0 Å². The van der Waals surface area contributed by atoms with Crippen LogP contribution in [0.2, 0.25) is 0 Å². The summed E-state index contributed by atoms with van der Waals surface area (Å²) in [6.45, 7) is 2.67. The van der Waals surface area contributed by atoms with Crippen molar-refractivity contribution in [1.82, 2.24) is 9.55 Å². The van der Waals surface area contributed by atoms with Crippen molar-refractivity contribution in [2.24, 2.45) is 0 Å². The van der Waals surface area contributed by atoms with Crippen LogP contribution in [0.15, 0.2) is 48.5 Å². The second kappa shape index (κ2) is 5.35. The summed E-state index contributed by atoms with van der Waals surface area (Å²) in [6.07, 6.45) is 0. The third-order valence-electron chi connectivity index (χ3n) is 3.29. The van der Waals surface area contributed by atoms with Gasteiger partial charge in [-0.05, 0) is 31.2 Å². The zero-order chi connectivity index (χ0) is 13.9. The van der Waals surface area contributed by atoms with Crippen molar-refractivity contribution in [2.45, 2.75) is 13.5 Å². The van der Waals surface area contributed by atoms with Gasteiger partial charge in [-0.25, -0.2) is 4.98 Å². The molecule has 0 atom stereocenters. The summed E-state index contributed by atoms with van der Waals surface area (Å²) in [5.41, 5.74) is 4.16. The first-order valence-corrected chi connectivity index (χ1v) is 6.68. The Kier molecular flexibility index (Phi) is 3.39. The van der Waals surface area contributed by atoms with Gasteiger partial charge in [0, 0.05) is 12.2 Å². The quantitative estimate of drug-likeness (QED) is 0.763. The summed E-state index contributed by atoms with van der Waals surface area (Å²) in [4.78, 5) is 4.59. The number of aliphatic hydroxyl groups excluding tert-OH is 1. The average molecular weight is 267 g/mol. The molecule has 0 amide bonds. The topological polar surface area (TPSA) is 50.1 Å². The number of hydrogen-bond donors (Lipinski definition) is 2. The second-order valence-electron chi connectivity index (χ2n) is 4.79. The molecule has 0 unspecified atom stereocenters. The van der Waals surface area contributed by atoms with Crippen LogP contribution >= 0.6 is 0 Å². The van der Waals surface area contributed by atoms with Crippen molar-refractivity contribution >= 4 is 22.7 Å². The molecule has 0 bridgehead atoms. The van der Waals surface area contributed by atoms with Gasteiger partial charge in [-0.3, -0.25) is 0 Å². The Hall–Kier alpha value is -2.33. The molecule has 3 aromatic rings. The Labute approximate surface area is 117 Å². The fourth-order valence-electron chi connectivity index (χ4n) is 2.26. The number of nitrogens with zero attached hydrogens (tertiary/aromatic N) is 2. The molecule has 0 aliphatic heterocycles. The SMILES string of the molecule is Cc1ccc(Nc2nc3ccccc3n2CCO)cc1. The van der Waals surface area contributed by atoms with Gasteiger partial charge in [0.05, 0.1) is 17.6 Å². The Morgan fingerprint density at radius 3 is 2.60 bits per heavy atom. The van der Waals surface area contributed by atoms with Crippen LogP contribution < -0.4 is 5.32 Å². The molecule has 0 saturated heterocycles. The first kappa shape index (κ1) is 12.7. The molecular weight excluding hydrogens is 250 g/mol. The standard InChI is InChI=1S/C16H17N3O/c1-12-6-8-13(9-7-12)17-16-18-14-4-2-3-5-15(14)19(16)10-11-20/h2-9,20H,10-11H2,1H3,(H,17,18). The van der Waals surface area contributed by atoms with E-state index in [0.29, 0.717) is 6.54 Å². The van der Waals surface area contributed by atoms with Crippen molar-refractivity contribution in [3.05, 3.63) is 54.1 Å². The van der Waals surface area contributed by atoms with E-state index < -0.39 is 0 Å². The van der Waals surface area contributed by atoms with Crippen LogP contribution in [0.25, 0.3) is 11.0 Å². The van der Waals surface area contributed by atoms with Crippen LogP contribution in [0.3, 0.4) is 0 Å². The Morgan fingerprint density at radius 2 is 1.85 bits per heavy atom. The van der Waals surface area contributed by atoms with Crippen LogP contribution in [-0.4, -0.2) is 21.3 Å². The summed E-state index contributed by atoms with van der Waals surface area (Å²) in [7, 11) is 0. The van der Waals surface area contributed by atoms with E-state index in [1.54, 1.807) is 0 Å². The van der Waals surface area contributed by atoms with Gasteiger partial charge in [-0.2, -0.15) is 0 Å². The highest BCUT2D eigenvalue weighted by molar-refractivity contribution is 5.79. The lowest BCUT2D eigenvalue weighted by Crippen LogP contribution is -2.06. The number of aryl methyl sites for hydroxylation is 1. The summed E-state index contributed by atoms with van der Waals surface area (Å²) < 4.78 is 2.00. The summed E-state index contributed by atoms with van der Waals surface area (Å²) >= 11 is 0. The van der Waals surface area contributed by atoms with E-state index in [1.165, 1.54) is 5.56 Å². The normalized spacial score (nSPS) is 10.9. The molecule has 0 aliphatic carbocycles. The van der Waals surface area contributed by atoms with E-state index in [1.807, 2.05) is 41.0 Å². The molecule has 0 radical (unpaired) electrons. The first-order valence-electron chi connectivity index (χ1n) is 6.68. The molecule has 2 N–H and O–H groups in total. The molecule has 0 saturated carbocycles. The molecule has 4 nitrogen and oxygen atoms in total. The fourth-order valence-corrected chi connectivity index (χ4v) is 2.26. The highest BCUT2D eigenvalue weighted by Gasteiger charge is 2.09. The third kappa shape index (κ3) is 2.38. The minimum absolute atomic E-state index is 0.0862. The minimum atomic E-state index is 0.0862. The number of para-hydroxylation sites is 2. The number of hydrogen-bond acceptors (Lipinski definition) is 3. The van der Waals surface area contributed by atoms with E-state index >= 15 is 0 Å². The molecule has 20 heavy (non-hydrogen) atoms. The van der Waals surface area contributed by atoms with Gasteiger partial charge in [-0.15, -0.1) is 0 Å². The van der Waals surface area contributed by atoms with Gasteiger partial charge in [0.1, 0.15) is 0 Å². The largest absolute Gasteiger partial charge is 0.395 e. The highest BCUT2D eigenvalue weighted by atomic mass is 16.3. The van der Waals surface area contributed by atoms with E-state index in [2.05, 4.69) is 29.4 Å². The maximum absolute atomic E-state index is 9.25. The number of imidazole rings is 1. The molecule has 0 fully saturated rings. The Morgan fingerprint density at radius 1 is 1.10 bits per heavy atom. The maximum Gasteiger partial charge on any atom is 0.208 e. The number of benzene rings is 2. The summed E-state index contributed by atoms with van der Waals surface area (Å²) in [6, 6.07) is 16.1. The summed E-state index contributed by atoms with van der Waals surface area (Å²) in [5, 5.41) is 12.6. The number of rotatable bonds is 4. The average Bonchev–Trinajstić information content (AvgIpc) is 2.80. The van der Waals surface area contributed by atoms with Crippen LogP contribution in [0.4, 0.5) is 11.6 Å². The highest BCUT2D eigenvalue weighted by Crippen LogP contribution is 2.22. The van der Waals surface area contributed by atoms with Crippen molar-refractivity contribution in [2.75, 3.05) is 11.9 Å². The van der Waals surface area contributed by atoms with Crippen LogP contribution in [0.5, 0.6) is 0 Å². The molecule has 1 aromatic heterocycles. The van der Waals surface area contributed by atoms with Crippen LogP contribution in [-0.2, 0) is 6.54 Å². The Balaban J connectivity index is 2.01. The molecule has 2 aromatic carbocycles. The predicted molar refractivity (Wildman–Crippen MR) is 81.3 cm³/mol. The van der Waals surface area contributed by atoms with Gasteiger partial charge in [0.25, 0.3) is 0 Å². The Bertz CT molecular complexity index is 716. The van der Waals surface area contributed by atoms with Gasteiger partial charge in [-0.1, -0.05) is 29.8 Å². The number of aliphatic hydroxyl groups is 1. The minimum Gasteiger partial charge on any atom is -0.395 e. The number of nitrogens with one attached hydrogen (secondary N) is 1. The molecular formula is C16H17N3O. The van der Waals surface area contributed by atoms with Gasteiger partial charge in [0.2, 0.25) is 5.95 Å². The van der Waals surface area contributed by atoms with E-state index in [0.717, 1.165) is 22.7 Å². The maximum atomic E-state index is 9.25. The van der Waals surface area contributed by atoms with Gasteiger partial charge >= 0.3 is 0 Å². The molecule has 0 aliphatic rings. The van der Waals surface area contributed by atoms with Gasteiger partial charge in [0.15, 0.2) is 0 Å². The summed E-state index contributed by atoms with van der Waals surface area (Å²) in [5.74, 6) is 0.754. The lowest BCUT2D eigenvalue weighted by Gasteiger charge is -2.09. The smallest absolute Gasteiger partial charge is 0.208 e. The zero-order valence-corrected chi connectivity index (χ0v) is 11.4. The lowest BCUT2D eigenvalue weighted by atomic mass is 10.2. The fraction of sp³-hybridized carbons (Fsp3) is 0.188. The van der Waals surface area contributed by atoms with Crippen molar-refractivity contribution in [3.8, 4) is 0 Å². The second-order valence-corrected chi connectivity index (χ2v) is 4.79. The molecule has 102 valence electrons. The number of fused-ring (bicyclic) bond motifs is 1. The third-order valence-corrected chi connectivity index (χ3v) is 3.29. The monoisotopic (exact) mass is 267 g/mol. The molecule has 4 heteroatoms. The molecule has 1 heterocycles. The molecule has 0 spiro atoms.